The number of benzene rings is 2. The van der Waals surface area contributed by atoms with Crippen LogP contribution in [0.1, 0.15) is 24.0 Å². The highest BCUT2D eigenvalue weighted by Gasteiger charge is 2.36. The van der Waals surface area contributed by atoms with Crippen molar-refractivity contribution in [2.45, 2.75) is 31.8 Å². The van der Waals surface area contributed by atoms with Gasteiger partial charge in [-0.05, 0) is 36.5 Å². The van der Waals surface area contributed by atoms with E-state index in [9.17, 15) is 4.79 Å². The van der Waals surface area contributed by atoms with Crippen LogP contribution in [0.4, 0.5) is 5.69 Å². The maximum atomic E-state index is 12.7. The summed E-state index contributed by atoms with van der Waals surface area (Å²) in [4.78, 5) is 17.2. The highest BCUT2D eigenvalue weighted by Crippen LogP contribution is 2.34. The standard InChI is InChI=1S/C21H24N2O/c1-22-19(13-16-7-3-2-4-8-16)15-23(21(24)17-11-12-17)14-18-9-5-6-10-20(18)22/h2-10,17,19H,11-15H2,1H3. The van der Waals surface area contributed by atoms with E-state index in [0.29, 0.717) is 11.9 Å². The monoisotopic (exact) mass is 320 g/mol. The zero-order chi connectivity index (χ0) is 16.5. The number of carbonyl (C=O) groups is 1. The molecule has 1 amide bonds. The molecule has 24 heavy (non-hydrogen) atoms. The van der Waals surface area contributed by atoms with Gasteiger partial charge in [-0.3, -0.25) is 4.79 Å². The summed E-state index contributed by atoms with van der Waals surface area (Å²) in [6, 6.07) is 19.4. The van der Waals surface area contributed by atoms with Crippen LogP contribution in [0.3, 0.4) is 0 Å². The Balaban J connectivity index is 1.65. The SMILES string of the molecule is CN1c2ccccc2CN(C(=O)C2CC2)CC1Cc1ccccc1. The smallest absolute Gasteiger partial charge is 0.226 e. The molecule has 1 atom stereocenters. The molecule has 124 valence electrons. The van der Waals surface area contributed by atoms with Crippen LogP contribution in [0, 0.1) is 5.92 Å². The van der Waals surface area contributed by atoms with Gasteiger partial charge in [-0.25, -0.2) is 0 Å². The predicted octanol–water partition coefficient (Wildman–Crippen LogP) is 3.49. The lowest BCUT2D eigenvalue weighted by Gasteiger charge is -2.31. The Kier molecular flexibility index (Phi) is 4.01. The fourth-order valence-corrected chi connectivity index (χ4v) is 3.68. The first-order chi connectivity index (χ1) is 11.7. The van der Waals surface area contributed by atoms with Crippen molar-refractivity contribution in [3.63, 3.8) is 0 Å². The first-order valence-corrected chi connectivity index (χ1v) is 8.86. The number of para-hydroxylation sites is 1. The van der Waals surface area contributed by atoms with Crippen LogP contribution in [0.15, 0.2) is 54.6 Å². The van der Waals surface area contributed by atoms with Gasteiger partial charge in [-0.1, -0.05) is 48.5 Å². The van der Waals surface area contributed by atoms with E-state index in [1.165, 1.54) is 16.8 Å². The molecule has 3 nitrogen and oxygen atoms in total. The van der Waals surface area contributed by atoms with Crippen LogP contribution in [-0.2, 0) is 17.8 Å². The lowest BCUT2D eigenvalue weighted by molar-refractivity contribution is -0.133. The molecule has 3 heteroatoms. The molecule has 1 saturated carbocycles. The topological polar surface area (TPSA) is 23.6 Å². The first kappa shape index (κ1) is 15.3. The van der Waals surface area contributed by atoms with Crippen LogP contribution in [0.2, 0.25) is 0 Å². The molecule has 0 saturated heterocycles. The fourth-order valence-electron chi connectivity index (χ4n) is 3.68. The summed E-state index contributed by atoms with van der Waals surface area (Å²) in [6.45, 7) is 1.54. The number of amides is 1. The second kappa shape index (κ2) is 6.31. The predicted molar refractivity (Wildman–Crippen MR) is 96.9 cm³/mol. The van der Waals surface area contributed by atoms with Gasteiger partial charge in [0, 0.05) is 31.7 Å². The van der Waals surface area contributed by atoms with E-state index in [4.69, 9.17) is 0 Å². The average molecular weight is 320 g/mol. The molecule has 1 aliphatic heterocycles. The van der Waals surface area contributed by atoms with Crippen molar-refractivity contribution in [3.05, 3.63) is 65.7 Å². The van der Waals surface area contributed by atoms with Gasteiger partial charge in [0.2, 0.25) is 5.91 Å². The van der Waals surface area contributed by atoms with Gasteiger partial charge in [-0.15, -0.1) is 0 Å². The number of hydrogen-bond acceptors (Lipinski definition) is 2. The minimum absolute atomic E-state index is 0.276. The Bertz CT molecular complexity index is 724. The van der Waals surface area contributed by atoms with E-state index in [1.54, 1.807) is 0 Å². The molecule has 0 aromatic heterocycles. The van der Waals surface area contributed by atoms with Gasteiger partial charge in [0.1, 0.15) is 0 Å². The van der Waals surface area contributed by atoms with Gasteiger partial charge in [0.05, 0.1) is 6.04 Å². The van der Waals surface area contributed by atoms with E-state index in [1.807, 2.05) is 0 Å². The third kappa shape index (κ3) is 3.03. The van der Waals surface area contributed by atoms with Crippen molar-refractivity contribution >= 4 is 11.6 Å². The summed E-state index contributed by atoms with van der Waals surface area (Å²) in [5.41, 5.74) is 3.83. The Labute approximate surface area is 143 Å². The normalized spacial score (nSPS) is 20.5. The quantitative estimate of drug-likeness (QED) is 0.864. The first-order valence-electron chi connectivity index (χ1n) is 8.86. The molecular weight excluding hydrogens is 296 g/mol. The van der Waals surface area contributed by atoms with Crippen molar-refractivity contribution in [2.24, 2.45) is 5.92 Å². The maximum Gasteiger partial charge on any atom is 0.226 e. The maximum absolute atomic E-state index is 12.7. The summed E-state index contributed by atoms with van der Waals surface area (Å²) in [6.07, 6.45) is 3.09. The molecule has 1 fully saturated rings. The van der Waals surface area contributed by atoms with Crippen molar-refractivity contribution in [2.75, 3.05) is 18.5 Å². The highest BCUT2D eigenvalue weighted by molar-refractivity contribution is 5.81. The lowest BCUT2D eigenvalue weighted by atomic mass is 10.0. The molecule has 1 heterocycles. The third-order valence-electron chi connectivity index (χ3n) is 5.26. The van der Waals surface area contributed by atoms with Crippen molar-refractivity contribution < 1.29 is 4.79 Å². The van der Waals surface area contributed by atoms with Gasteiger partial charge in [0.15, 0.2) is 0 Å². The van der Waals surface area contributed by atoms with Crippen LogP contribution in [0.25, 0.3) is 0 Å². The van der Waals surface area contributed by atoms with Crippen LogP contribution >= 0.6 is 0 Å². The Morgan fingerprint density at radius 3 is 2.50 bits per heavy atom. The summed E-state index contributed by atoms with van der Waals surface area (Å²) in [7, 11) is 2.16. The van der Waals surface area contributed by atoms with Gasteiger partial charge in [0.25, 0.3) is 0 Å². The van der Waals surface area contributed by atoms with Crippen LogP contribution in [-0.4, -0.2) is 30.4 Å². The van der Waals surface area contributed by atoms with E-state index in [2.05, 4.69) is 71.4 Å². The van der Waals surface area contributed by atoms with Crippen molar-refractivity contribution in [3.8, 4) is 0 Å². The number of anilines is 1. The number of hydrogen-bond donors (Lipinski definition) is 0. The zero-order valence-corrected chi connectivity index (χ0v) is 14.2. The molecule has 0 N–H and O–H groups in total. The molecule has 0 bridgehead atoms. The molecule has 1 unspecified atom stereocenters. The molecular formula is C21H24N2O. The van der Waals surface area contributed by atoms with Crippen molar-refractivity contribution in [1.29, 1.82) is 0 Å². The Morgan fingerprint density at radius 2 is 1.75 bits per heavy atom. The molecule has 2 aromatic rings. The number of fused-ring (bicyclic) bond motifs is 1. The number of likely N-dealkylation sites (N-methyl/N-ethyl adjacent to an activating group) is 1. The molecule has 2 aromatic carbocycles. The summed E-state index contributed by atoms with van der Waals surface area (Å²) >= 11 is 0. The molecule has 0 spiro atoms. The average Bonchev–Trinajstić information content (AvgIpc) is 3.45. The zero-order valence-electron chi connectivity index (χ0n) is 14.2. The van der Waals surface area contributed by atoms with Crippen LogP contribution in [0.5, 0.6) is 0 Å². The van der Waals surface area contributed by atoms with Gasteiger partial charge < -0.3 is 9.80 Å². The van der Waals surface area contributed by atoms with E-state index in [0.717, 1.165) is 32.4 Å². The fraction of sp³-hybridized carbons (Fsp3) is 0.381. The Morgan fingerprint density at radius 1 is 1.04 bits per heavy atom. The van der Waals surface area contributed by atoms with E-state index >= 15 is 0 Å². The number of rotatable bonds is 3. The van der Waals surface area contributed by atoms with Gasteiger partial charge >= 0.3 is 0 Å². The molecule has 0 radical (unpaired) electrons. The minimum Gasteiger partial charge on any atom is -0.369 e. The second-order valence-electron chi connectivity index (χ2n) is 7.08. The van der Waals surface area contributed by atoms with E-state index in [-0.39, 0.29) is 5.92 Å². The lowest BCUT2D eigenvalue weighted by Crippen LogP contribution is -2.43. The second-order valence-corrected chi connectivity index (χ2v) is 7.08. The Hall–Kier alpha value is -2.29. The molecule has 4 rings (SSSR count). The molecule has 2 aliphatic rings. The van der Waals surface area contributed by atoms with Crippen molar-refractivity contribution in [1.82, 2.24) is 4.90 Å². The van der Waals surface area contributed by atoms with E-state index < -0.39 is 0 Å². The summed E-state index contributed by atoms with van der Waals surface area (Å²) in [5.74, 6) is 0.621. The van der Waals surface area contributed by atoms with Crippen LogP contribution < -0.4 is 4.90 Å². The summed E-state index contributed by atoms with van der Waals surface area (Å²) in [5, 5.41) is 0. The third-order valence-corrected chi connectivity index (χ3v) is 5.26. The number of nitrogens with zero attached hydrogens (tertiary/aromatic N) is 2. The summed E-state index contributed by atoms with van der Waals surface area (Å²) < 4.78 is 0. The minimum atomic E-state index is 0.276. The largest absolute Gasteiger partial charge is 0.369 e. The molecule has 1 aliphatic carbocycles. The highest BCUT2D eigenvalue weighted by atomic mass is 16.2. The van der Waals surface area contributed by atoms with Gasteiger partial charge in [-0.2, -0.15) is 0 Å². The number of carbonyl (C=O) groups excluding carboxylic acids is 1.